The van der Waals surface area contributed by atoms with Gasteiger partial charge >= 0.3 is 5.97 Å². The van der Waals surface area contributed by atoms with Gasteiger partial charge in [0.15, 0.2) is 0 Å². The largest absolute Gasteiger partial charge is 0.459 e. The number of esters is 1. The number of hydrogen-bond acceptors (Lipinski definition) is 4. The highest BCUT2D eigenvalue weighted by atomic mass is 16.6. The van der Waals surface area contributed by atoms with Crippen molar-refractivity contribution in [2.45, 2.75) is 13.0 Å². The maximum Gasteiger partial charge on any atom is 0.333 e. The molecular formula is C10H17NO3. The number of nitrogens with zero attached hydrogens (tertiary/aromatic N) is 1. The van der Waals surface area contributed by atoms with Crippen LogP contribution < -0.4 is 0 Å². The second-order valence-electron chi connectivity index (χ2n) is 3.70. The Morgan fingerprint density at radius 2 is 2.29 bits per heavy atom. The molecule has 4 nitrogen and oxygen atoms in total. The Hall–Kier alpha value is -0.870. The van der Waals surface area contributed by atoms with Crippen LogP contribution in [0, 0.1) is 0 Å². The number of likely N-dealkylation sites (N-methyl/N-ethyl adjacent to an activating group) is 1. The molecule has 0 aromatic carbocycles. The number of carbonyl (C=O) groups excluding carboxylic acids is 1. The highest BCUT2D eigenvalue weighted by molar-refractivity contribution is 5.87. The van der Waals surface area contributed by atoms with Crippen molar-refractivity contribution in [1.82, 2.24) is 4.90 Å². The van der Waals surface area contributed by atoms with E-state index < -0.39 is 0 Å². The van der Waals surface area contributed by atoms with Gasteiger partial charge in [0, 0.05) is 12.1 Å². The maximum atomic E-state index is 11.3. The van der Waals surface area contributed by atoms with Crippen LogP contribution in [-0.4, -0.2) is 50.8 Å². The van der Waals surface area contributed by atoms with Crippen molar-refractivity contribution < 1.29 is 14.3 Å². The molecular weight excluding hydrogens is 182 g/mol. The van der Waals surface area contributed by atoms with Gasteiger partial charge in [-0.25, -0.2) is 4.79 Å². The minimum absolute atomic E-state index is 0.139. The van der Waals surface area contributed by atoms with Crippen LogP contribution >= 0.6 is 0 Å². The molecule has 1 aliphatic heterocycles. The summed E-state index contributed by atoms with van der Waals surface area (Å²) in [6.45, 7) is 3.61. The van der Waals surface area contributed by atoms with Gasteiger partial charge in [-0.1, -0.05) is 6.08 Å². The zero-order valence-electron chi connectivity index (χ0n) is 8.95. The third kappa shape index (κ3) is 4.39. The molecule has 0 saturated carbocycles. The van der Waals surface area contributed by atoms with Gasteiger partial charge in [-0.15, -0.1) is 0 Å². The van der Waals surface area contributed by atoms with Crippen molar-refractivity contribution in [3.05, 3.63) is 11.6 Å². The summed E-state index contributed by atoms with van der Waals surface area (Å²) in [4.78, 5) is 13.3. The maximum absolute atomic E-state index is 11.3. The molecule has 1 saturated heterocycles. The Morgan fingerprint density at radius 3 is 2.79 bits per heavy atom. The highest BCUT2D eigenvalue weighted by Gasteiger charge is 2.24. The standard InChI is InChI=1S/C10H17NO3/c1-8(4-5-11(2)3)10(12)14-7-9-6-13-9/h4,9H,5-7H2,1-3H3/b8-4+. The van der Waals surface area contributed by atoms with Crippen LogP contribution in [0.15, 0.2) is 11.6 Å². The molecule has 0 aromatic rings. The van der Waals surface area contributed by atoms with Crippen molar-refractivity contribution >= 4 is 5.97 Å². The summed E-state index contributed by atoms with van der Waals surface area (Å²) >= 11 is 0. The Labute approximate surface area is 84.5 Å². The molecule has 1 rings (SSSR count). The van der Waals surface area contributed by atoms with E-state index in [1.54, 1.807) is 6.92 Å². The summed E-state index contributed by atoms with van der Waals surface area (Å²) in [5.41, 5.74) is 0.652. The minimum atomic E-state index is -0.248. The summed E-state index contributed by atoms with van der Waals surface area (Å²) in [7, 11) is 3.90. The van der Waals surface area contributed by atoms with Crippen molar-refractivity contribution in [2.75, 3.05) is 33.9 Å². The van der Waals surface area contributed by atoms with Gasteiger partial charge in [-0.3, -0.25) is 0 Å². The highest BCUT2D eigenvalue weighted by Crippen LogP contribution is 2.09. The van der Waals surface area contributed by atoms with E-state index in [1.165, 1.54) is 0 Å². The van der Waals surface area contributed by atoms with Crippen LogP contribution in [0.1, 0.15) is 6.92 Å². The molecule has 1 atom stereocenters. The molecule has 1 heterocycles. The van der Waals surface area contributed by atoms with Crippen molar-refractivity contribution in [1.29, 1.82) is 0 Å². The van der Waals surface area contributed by atoms with Gasteiger partial charge in [0.2, 0.25) is 0 Å². The third-order valence-corrected chi connectivity index (χ3v) is 1.89. The first-order chi connectivity index (χ1) is 6.59. The molecule has 0 bridgehead atoms. The number of carbonyl (C=O) groups is 1. The van der Waals surface area contributed by atoms with E-state index in [4.69, 9.17) is 9.47 Å². The second-order valence-corrected chi connectivity index (χ2v) is 3.70. The predicted octanol–water partition coefficient (Wildman–Crippen LogP) is 0.436. The summed E-state index contributed by atoms with van der Waals surface area (Å²) in [6.07, 6.45) is 2.00. The molecule has 1 unspecified atom stereocenters. The van der Waals surface area contributed by atoms with E-state index in [9.17, 15) is 4.79 Å². The number of ether oxygens (including phenoxy) is 2. The van der Waals surface area contributed by atoms with Gasteiger partial charge < -0.3 is 14.4 Å². The minimum Gasteiger partial charge on any atom is -0.459 e. The van der Waals surface area contributed by atoms with Crippen molar-refractivity contribution in [2.24, 2.45) is 0 Å². The van der Waals surface area contributed by atoms with Crippen LogP contribution in [0.5, 0.6) is 0 Å². The van der Waals surface area contributed by atoms with E-state index in [2.05, 4.69) is 0 Å². The quantitative estimate of drug-likeness (QED) is 0.366. The first-order valence-electron chi connectivity index (χ1n) is 4.70. The van der Waals surface area contributed by atoms with Crippen molar-refractivity contribution in [3.8, 4) is 0 Å². The Balaban J connectivity index is 2.22. The molecule has 14 heavy (non-hydrogen) atoms. The Bertz CT molecular complexity index is 232. The van der Waals surface area contributed by atoms with Crippen LogP contribution in [-0.2, 0) is 14.3 Å². The molecule has 1 fully saturated rings. The predicted molar refractivity (Wildman–Crippen MR) is 53.0 cm³/mol. The molecule has 0 aromatic heterocycles. The van der Waals surface area contributed by atoms with Crippen LogP contribution in [0.3, 0.4) is 0 Å². The molecule has 0 radical (unpaired) electrons. The normalized spacial score (nSPS) is 21.1. The summed E-state index contributed by atoms with van der Waals surface area (Å²) < 4.78 is 9.94. The fourth-order valence-corrected chi connectivity index (χ4v) is 0.850. The van der Waals surface area contributed by atoms with Crippen LogP contribution in [0.4, 0.5) is 0 Å². The topological polar surface area (TPSA) is 42.1 Å². The number of rotatable bonds is 5. The van der Waals surface area contributed by atoms with E-state index in [1.807, 2.05) is 25.1 Å². The summed E-state index contributed by atoms with van der Waals surface area (Å²) in [6, 6.07) is 0. The van der Waals surface area contributed by atoms with Crippen LogP contribution in [0.25, 0.3) is 0 Å². The van der Waals surface area contributed by atoms with Gasteiger partial charge in [0.25, 0.3) is 0 Å². The number of epoxide rings is 1. The van der Waals surface area contributed by atoms with Gasteiger partial charge in [-0.2, -0.15) is 0 Å². The molecule has 0 amide bonds. The average molecular weight is 199 g/mol. The first-order valence-corrected chi connectivity index (χ1v) is 4.70. The van der Waals surface area contributed by atoms with Crippen molar-refractivity contribution in [3.63, 3.8) is 0 Å². The zero-order chi connectivity index (χ0) is 10.6. The van der Waals surface area contributed by atoms with E-state index in [-0.39, 0.29) is 12.1 Å². The number of hydrogen-bond donors (Lipinski definition) is 0. The van der Waals surface area contributed by atoms with Gasteiger partial charge in [0.1, 0.15) is 12.7 Å². The van der Waals surface area contributed by atoms with E-state index in [0.29, 0.717) is 18.8 Å². The molecule has 1 aliphatic rings. The summed E-state index contributed by atoms with van der Waals surface area (Å²) in [5, 5.41) is 0. The lowest BCUT2D eigenvalue weighted by molar-refractivity contribution is -0.139. The van der Waals surface area contributed by atoms with E-state index in [0.717, 1.165) is 6.54 Å². The Morgan fingerprint density at radius 1 is 1.64 bits per heavy atom. The second kappa shape index (κ2) is 5.12. The molecule has 80 valence electrons. The zero-order valence-corrected chi connectivity index (χ0v) is 8.95. The molecule has 0 spiro atoms. The van der Waals surface area contributed by atoms with Gasteiger partial charge in [0.05, 0.1) is 6.61 Å². The lowest BCUT2D eigenvalue weighted by Crippen LogP contribution is -2.14. The monoisotopic (exact) mass is 199 g/mol. The lowest BCUT2D eigenvalue weighted by atomic mass is 10.3. The molecule has 4 heteroatoms. The lowest BCUT2D eigenvalue weighted by Gasteiger charge is -2.06. The first kappa shape index (κ1) is 11.2. The Kier molecular flexibility index (Phi) is 4.10. The molecule has 0 aliphatic carbocycles. The third-order valence-electron chi connectivity index (χ3n) is 1.89. The van der Waals surface area contributed by atoms with E-state index >= 15 is 0 Å². The smallest absolute Gasteiger partial charge is 0.333 e. The SMILES string of the molecule is C/C(=C\CN(C)C)C(=O)OCC1CO1. The fourth-order valence-electron chi connectivity index (χ4n) is 0.850. The average Bonchev–Trinajstić information content (AvgIpc) is 2.93. The summed E-state index contributed by atoms with van der Waals surface area (Å²) in [5.74, 6) is -0.248. The fraction of sp³-hybridized carbons (Fsp3) is 0.700. The molecule has 0 N–H and O–H groups in total. The van der Waals surface area contributed by atoms with Gasteiger partial charge in [-0.05, 0) is 21.0 Å². The van der Waals surface area contributed by atoms with Crippen LogP contribution in [0.2, 0.25) is 0 Å².